The third kappa shape index (κ3) is 7.56. The van der Waals surface area contributed by atoms with Crippen molar-refractivity contribution in [3.63, 3.8) is 0 Å². The van der Waals surface area contributed by atoms with Crippen molar-refractivity contribution in [1.29, 1.82) is 0 Å². The second-order valence-corrected chi connectivity index (χ2v) is 17.9. The van der Waals surface area contributed by atoms with Gasteiger partial charge in [-0.15, -0.1) is 0 Å². The molecule has 3 aromatic rings. The normalized spacial score (nSPS) is 15.1. The smallest absolute Gasteiger partial charge is 0.397 e. The van der Waals surface area contributed by atoms with Crippen molar-refractivity contribution in [2.24, 2.45) is 0 Å². The SMILES string of the molecule is Cc1cc(C)c(S(OC(=O)C(F)(F)C(F)(F)C(F)(F)C(F)(F)C(F)(F)C(F)(F)C(F)(F)C(F)(F)C(F)(F)C(F)(F)C(F)(F)F)(c2c(C)cc(C)cc2C)c2c(C)cc(C)cc2C)c(C)c1. The highest BCUT2D eigenvalue weighted by Gasteiger charge is 2.99. The van der Waals surface area contributed by atoms with Gasteiger partial charge in [0.25, 0.3) is 0 Å². The highest BCUT2D eigenvalue weighted by atomic mass is 32.3. The van der Waals surface area contributed by atoms with Gasteiger partial charge in [-0.05, 0) is 106 Å². The van der Waals surface area contributed by atoms with Gasteiger partial charge < -0.3 is 4.18 Å². The molecule has 0 aliphatic heterocycles. The van der Waals surface area contributed by atoms with Gasteiger partial charge in [-0.2, -0.15) is 101 Å². The van der Waals surface area contributed by atoms with Crippen LogP contribution >= 0.6 is 10.3 Å². The lowest BCUT2D eigenvalue weighted by Gasteiger charge is -2.47. The van der Waals surface area contributed by atoms with Gasteiger partial charge in [-0.25, -0.2) is 4.79 Å². The number of aryl methyl sites for hydroxylation is 9. The van der Waals surface area contributed by atoms with E-state index in [1.54, 1.807) is 0 Å². The third-order valence-electron chi connectivity index (χ3n) is 10.0. The highest BCUT2D eigenvalue weighted by Crippen LogP contribution is 2.75. The van der Waals surface area contributed by atoms with E-state index in [9.17, 15) is 79.4 Å². The Hall–Kier alpha value is -4.13. The van der Waals surface area contributed by atoms with Gasteiger partial charge >= 0.3 is 71.4 Å². The molecule has 0 heterocycles. The molecule has 0 bridgehead atoms. The highest BCUT2D eigenvalue weighted by molar-refractivity contribution is 8.30. The lowest BCUT2D eigenvalue weighted by Crippen LogP contribution is -2.78. The summed E-state index contributed by atoms with van der Waals surface area (Å²) in [6, 6.07) is 7.91. The second kappa shape index (κ2) is 16.0. The summed E-state index contributed by atoms with van der Waals surface area (Å²) in [5, 5.41) is 0. The van der Waals surface area contributed by atoms with E-state index in [1.165, 1.54) is 98.7 Å². The number of hydrogen-bond acceptors (Lipinski definition) is 2. The van der Waals surface area contributed by atoms with E-state index in [-0.39, 0.29) is 48.1 Å². The topological polar surface area (TPSA) is 26.3 Å². The van der Waals surface area contributed by atoms with Crippen LogP contribution in [0.4, 0.5) is 101 Å². The molecule has 0 atom stereocenters. The summed E-state index contributed by atoms with van der Waals surface area (Å²) in [6.45, 7) is 12.0. The van der Waals surface area contributed by atoms with Crippen LogP contribution in [0.25, 0.3) is 0 Å². The monoisotopic (exact) mass is 1000 g/mol. The van der Waals surface area contributed by atoms with Crippen LogP contribution in [0.5, 0.6) is 0 Å². The predicted octanol–water partition coefficient (Wildman–Crippen LogP) is 15.1. The van der Waals surface area contributed by atoms with Gasteiger partial charge in [0.05, 0.1) is 0 Å². The van der Waals surface area contributed by atoms with E-state index in [0.29, 0.717) is 16.7 Å². The van der Waals surface area contributed by atoms with Crippen LogP contribution in [0.3, 0.4) is 0 Å². The van der Waals surface area contributed by atoms with E-state index in [1.807, 2.05) is 0 Å². The summed E-state index contributed by atoms with van der Waals surface area (Å²) >= 11 is 0. The standard InChI is InChI=1S/C39H33F23O2S/c1-16-10-19(4)25(20(5)11-16)65(26-21(6)12-17(2)13-22(26)7,27-23(8)14-18(3)15-24(27)9)64-28(63)29(40,41)30(42,43)31(44,45)32(46,47)33(48,49)34(50,51)35(52,53)36(54,55)37(56,57)38(58,59)39(60,61)62/h10-15H,1-9H3. The minimum atomic E-state index is -9.58. The summed E-state index contributed by atoms with van der Waals surface area (Å²) in [5.74, 6) is -94.7. The number of carbonyl (C=O) groups excluding carboxylic acids is 1. The van der Waals surface area contributed by atoms with Crippen LogP contribution in [0.15, 0.2) is 51.1 Å². The largest absolute Gasteiger partial charge is 0.460 e. The Bertz CT molecular complexity index is 2140. The number of benzene rings is 3. The molecule has 0 aliphatic carbocycles. The minimum Gasteiger partial charge on any atom is -0.397 e. The summed E-state index contributed by atoms with van der Waals surface area (Å²) in [7, 11) is -4.57. The molecule has 2 nitrogen and oxygen atoms in total. The fraction of sp³-hybridized carbons (Fsp3) is 0.513. The van der Waals surface area contributed by atoms with Gasteiger partial charge in [0.15, 0.2) is 0 Å². The average Bonchev–Trinajstić information content (AvgIpc) is 3.08. The van der Waals surface area contributed by atoms with Crippen molar-refractivity contribution >= 4 is 16.3 Å². The van der Waals surface area contributed by atoms with Crippen molar-refractivity contribution in [1.82, 2.24) is 0 Å². The summed E-state index contributed by atoms with van der Waals surface area (Å²) in [5.41, 5.74) is 1.08. The molecule has 3 aromatic carbocycles. The fourth-order valence-electron chi connectivity index (χ4n) is 7.34. The summed E-state index contributed by atoms with van der Waals surface area (Å²) in [4.78, 5) is 12.7. The summed E-state index contributed by atoms with van der Waals surface area (Å²) < 4.78 is 335. The van der Waals surface area contributed by atoms with Crippen LogP contribution in [-0.4, -0.2) is 71.4 Å². The van der Waals surface area contributed by atoms with Gasteiger partial charge in [0, 0.05) is 14.7 Å². The molecule has 26 heteroatoms. The number of rotatable bonds is 14. The molecule has 0 unspecified atom stereocenters. The Morgan fingerprint density at radius 1 is 0.338 bits per heavy atom. The van der Waals surface area contributed by atoms with Gasteiger partial charge in [-0.3, -0.25) is 0 Å². The minimum absolute atomic E-state index is 0.0193. The van der Waals surface area contributed by atoms with Crippen LogP contribution in [-0.2, 0) is 8.98 Å². The Morgan fingerprint density at radius 2 is 0.523 bits per heavy atom. The molecular formula is C39H33F23O2S. The first-order chi connectivity index (χ1) is 28.6. The molecule has 0 spiro atoms. The fourth-order valence-corrected chi connectivity index (χ4v) is 11.6. The molecule has 0 saturated heterocycles. The molecule has 0 fully saturated rings. The molecule has 0 aliphatic rings. The lowest BCUT2D eigenvalue weighted by molar-refractivity contribution is -0.477. The number of carbonyl (C=O) groups is 1. The molecule has 0 saturated carbocycles. The van der Waals surface area contributed by atoms with Crippen molar-refractivity contribution in [2.45, 2.75) is 142 Å². The maximum absolute atomic E-state index is 16.0. The van der Waals surface area contributed by atoms with E-state index in [4.69, 9.17) is 4.18 Å². The molecule has 3 rings (SSSR count). The molecule has 0 N–H and O–H groups in total. The lowest BCUT2D eigenvalue weighted by atomic mass is 9.85. The molecule has 0 radical (unpaired) electrons. The quantitative estimate of drug-likeness (QED) is 0.150. The maximum Gasteiger partial charge on any atom is 0.460 e. The zero-order valence-electron chi connectivity index (χ0n) is 34.4. The van der Waals surface area contributed by atoms with Crippen LogP contribution in [0, 0.1) is 62.3 Å². The van der Waals surface area contributed by atoms with Crippen molar-refractivity contribution < 1.29 is 110 Å². The maximum atomic E-state index is 16.0. The summed E-state index contributed by atoms with van der Waals surface area (Å²) in [6.07, 6.45) is -8.17. The van der Waals surface area contributed by atoms with E-state index < -0.39 is 81.7 Å². The van der Waals surface area contributed by atoms with Crippen LogP contribution in [0.2, 0.25) is 0 Å². The first kappa shape index (κ1) is 55.2. The van der Waals surface area contributed by atoms with Crippen molar-refractivity contribution in [3.8, 4) is 0 Å². The van der Waals surface area contributed by atoms with E-state index >= 15 is 26.3 Å². The van der Waals surface area contributed by atoms with Crippen LogP contribution in [0.1, 0.15) is 50.1 Å². The number of hydrogen-bond donors (Lipinski definition) is 0. The Labute approximate surface area is 355 Å². The Morgan fingerprint density at radius 3 is 0.723 bits per heavy atom. The molecule has 0 amide bonds. The third-order valence-corrected chi connectivity index (χ3v) is 14.1. The van der Waals surface area contributed by atoms with E-state index in [0.717, 1.165) is 0 Å². The predicted molar refractivity (Wildman–Crippen MR) is 186 cm³/mol. The van der Waals surface area contributed by atoms with Crippen molar-refractivity contribution in [3.05, 3.63) is 86.5 Å². The van der Waals surface area contributed by atoms with E-state index in [2.05, 4.69) is 0 Å². The molecule has 65 heavy (non-hydrogen) atoms. The Kier molecular flexibility index (Phi) is 13.6. The van der Waals surface area contributed by atoms with Crippen LogP contribution < -0.4 is 0 Å². The molecular weight excluding hydrogens is 969 g/mol. The zero-order chi connectivity index (χ0) is 51.5. The van der Waals surface area contributed by atoms with Gasteiger partial charge in [0.1, 0.15) is 0 Å². The second-order valence-electron chi connectivity index (χ2n) is 15.4. The Balaban J connectivity index is 2.45. The van der Waals surface area contributed by atoms with Gasteiger partial charge in [0.2, 0.25) is 0 Å². The van der Waals surface area contributed by atoms with Gasteiger partial charge in [-0.1, -0.05) is 53.1 Å². The molecule has 368 valence electrons. The first-order valence-electron chi connectivity index (χ1n) is 17.7. The average molecular weight is 1000 g/mol. The van der Waals surface area contributed by atoms with Crippen molar-refractivity contribution in [2.75, 3.05) is 0 Å². The number of halogens is 23. The zero-order valence-corrected chi connectivity index (χ0v) is 35.2. The molecule has 0 aromatic heterocycles. The first-order valence-corrected chi connectivity index (χ1v) is 19.3. The number of alkyl halides is 23.